The molecule has 0 spiro atoms. The van der Waals surface area contributed by atoms with Crippen LogP contribution in [0.5, 0.6) is 0 Å². The molecule has 0 unspecified atom stereocenters. The SMILES string of the molecule is C=C/C(Br)=c1/[nH]ccc(=O)/c1=C/C. The molecule has 0 saturated heterocycles. The van der Waals surface area contributed by atoms with Gasteiger partial charge in [-0.05, 0) is 22.9 Å². The van der Waals surface area contributed by atoms with Crippen LogP contribution in [0.4, 0.5) is 0 Å². The van der Waals surface area contributed by atoms with Crippen molar-refractivity contribution in [1.82, 2.24) is 4.98 Å². The number of hydrogen-bond acceptors (Lipinski definition) is 1. The van der Waals surface area contributed by atoms with Gasteiger partial charge < -0.3 is 4.98 Å². The molecule has 13 heavy (non-hydrogen) atoms. The van der Waals surface area contributed by atoms with Crippen molar-refractivity contribution in [1.29, 1.82) is 0 Å². The summed E-state index contributed by atoms with van der Waals surface area (Å²) in [5, 5.41) is 1.43. The second-order valence-corrected chi connectivity index (χ2v) is 3.33. The summed E-state index contributed by atoms with van der Waals surface area (Å²) in [5.74, 6) is 0. The Labute approximate surface area is 84.4 Å². The number of aromatic nitrogens is 1. The first kappa shape index (κ1) is 9.99. The van der Waals surface area contributed by atoms with Crippen molar-refractivity contribution in [3.05, 3.63) is 45.7 Å². The number of rotatable bonds is 1. The van der Waals surface area contributed by atoms with E-state index in [2.05, 4.69) is 27.5 Å². The van der Waals surface area contributed by atoms with E-state index < -0.39 is 0 Å². The molecule has 0 saturated carbocycles. The Balaban J connectivity index is 3.88. The minimum atomic E-state index is 0.00931. The molecule has 1 heterocycles. The van der Waals surface area contributed by atoms with Crippen LogP contribution < -0.4 is 16.0 Å². The molecule has 0 atom stereocenters. The van der Waals surface area contributed by atoms with E-state index in [0.29, 0.717) is 5.22 Å². The van der Waals surface area contributed by atoms with Crippen molar-refractivity contribution in [3.63, 3.8) is 0 Å². The Bertz CT molecular complexity index is 484. The number of hydrogen-bond donors (Lipinski definition) is 1. The summed E-state index contributed by atoms with van der Waals surface area (Å²) in [6.07, 6.45) is 5.05. The molecule has 3 heteroatoms. The Kier molecular flexibility index (Phi) is 3.25. The van der Waals surface area contributed by atoms with Gasteiger partial charge in [-0.1, -0.05) is 18.7 Å². The fourth-order valence-corrected chi connectivity index (χ4v) is 1.41. The molecule has 1 rings (SSSR count). The van der Waals surface area contributed by atoms with Crippen LogP contribution in [0, 0.1) is 0 Å². The van der Waals surface area contributed by atoms with Gasteiger partial charge in [0.15, 0.2) is 5.43 Å². The zero-order chi connectivity index (χ0) is 9.84. The minimum Gasteiger partial charge on any atom is -0.360 e. The van der Waals surface area contributed by atoms with Crippen molar-refractivity contribution >= 4 is 26.5 Å². The molecule has 0 aliphatic heterocycles. The van der Waals surface area contributed by atoms with E-state index in [0.717, 1.165) is 9.83 Å². The number of allylic oxidation sites excluding steroid dienone is 1. The topological polar surface area (TPSA) is 32.9 Å². The minimum absolute atomic E-state index is 0.00931. The third-order valence-electron chi connectivity index (χ3n) is 1.70. The van der Waals surface area contributed by atoms with Crippen LogP contribution in [-0.2, 0) is 0 Å². The highest BCUT2D eigenvalue weighted by atomic mass is 79.9. The second-order valence-electron chi connectivity index (χ2n) is 2.47. The summed E-state index contributed by atoms with van der Waals surface area (Å²) in [6.45, 7) is 5.45. The molecular formula is C10H10BrNO. The van der Waals surface area contributed by atoms with Gasteiger partial charge in [0, 0.05) is 22.0 Å². The molecule has 0 aliphatic rings. The van der Waals surface area contributed by atoms with Gasteiger partial charge >= 0.3 is 0 Å². The van der Waals surface area contributed by atoms with Gasteiger partial charge in [-0.3, -0.25) is 4.79 Å². The lowest BCUT2D eigenvalue weighted by molar-refractivity contribution is 1.19. The molecule has 0 aromatic carbocycles. The average molecular weight is 240 g/mol. The molecule has 0 aliphatic carbocycles. The van der Waals surface area contributed by atoms with E-state index in [1.165, 1.54) is 6.07 Å². The Morgan fingerprint density at radius 2 is 2.38 bits per heavy atom. The van der Waals surface area contributed by atoms with Crippen LogP contribution in [-0.4, -0.2) is 4.98 Å². The van der Waals surface area contributed by atoms with Gasteiger partial charge in [-0.25, -0.2) is 0 Å². The smallest absolute Gasteiger partial charge is 0.189 e. The van der Waals surface area contributed by atoms with E-state index in [9.17, 15) is 4.79 Å². The van der Waals surface area contributed by atoms with Crippen molar-refractivity contribution in [2.75, 3.05) is 0 Å². The second kappa shape index (κ2) is 4.23. The molecule has 1 aromatic rings. The summed E-state index contributed by atoms with van der Waals surface area (Å²) in [5.41, 5.74) is 0.00931. The van der Waals surface area contributed by atoms with Gasteiger partial charge in [-0.15, -0.1) is 0 Å². The Hall–Kier alpha value is -1.09. The highest BCUT2D eigenvalue weighted by molar-refractivity contribution is 9.15. The van der Waals surface area contributed by atoms with Gasteiger partial charge in [0.1, 0.15) is 0 Å². The van der Waals surface area contributed by atoms with Crippen molar-refractivity contribution in [2.45, 2.75) is 6.92 Å². The molecule has 0 bridgehead atoms. The van der Waals surface area contributed by atoms with Crippen LogP contribution in [0.2, 0.25) is 0 Å². The Morgan fingerprint density at radius 3 is 2.92 bits per heavy atom. The third-order valence-corrected chi connectivity index (χ3v) is 2.42. The maximum atomic E-state index is 11.4. The highest BCUT2D eigenvalue weighted by Crippen LogP contribution is 2.00. The molecule has 1 N–H and O–H groups in total. The molecule has 1 aromatic heterocycles. The van der Waals surface area contributed by atoms with Crippen LogP contribution in [0.25, 0.3) is 10.6 Å². The predicted molar refractivity (Wildman–Crippen MR) is 59.0 cm³/mol. The molecule has 0 amide bonds. The Morgan fingerprint density at radius 1 is 1.69 bits per heavy atom. The first-order valence-corrected chi connectivity index (χ1v) is 4.66. The summed E-state index contributed by atoms with van der Waals surface area (Å²) in [6, 6.07) is 1.50. The highest BCUT2D eigenvalue weighted by Gasteiger charge is 1.92. The number of aromatic amines is 1. The zero-order valence-corrected chi connectivity index (χ0v) is 8.89. The van der Waals surface area contributed by atoms with E-state index in [1.54, 1.807) is 18.3 Å². The van der Waals surface area contributed by atoms with Crippen LogP contribution in [0.15, 0.2) is 29.7 Å². The average Bonchev–Trinajstić information content (AvgIpc) is 2.16. The number of nitrogens with one attached hydrogen (secondary N) is 1. The summed E-state index contributed by atoms with van der Waals surface area (Å²) in [4.78, 5) is 14.4. The van der Waals surface area contributed by atoms with Gasteiger partial charge in [-0.2, -0.15) is 0 Å². The van der Waals surface area contributed by atoms with Crippen molar-refractivity contribution in [3.8, 4) is 0 Å². The van der Waals surface area contributed by atoms with Crippen LogP contribution in [0.3, 0.4) is 0 Å². The lowest BCUT2D eigenvalue weighted by Crippen LogP contribution is -2.40. The normalized spacial score (nSPS) is 14.2. The summed E-state index contributed by atoms with van der Waals surface area (Å²) >= 11 is 3.32. The maximum Gasteiger partial charge on any atom is 0.189 e. The molecule has 68 valence electrons. The lowest BCUT2D eigenvalue weighted by atomic mass is 10.3. The van der Waals surface area contributed by atoms with Crippen molar-refractivity contribution < 1.29 is 0 Å². The van der Waals surface area contributed by atoms with Crippen LogP contribution in [0.1, 0.15) is 6.92 Å². The number of pyridine rings is 1. The van der Waals surface area contributed by atoms with Crippen LogP contribution >= 0.6 is 15.9 Å². The fraction of sp³-hybridized carbons (Fsp3) is 0.100. The fourth-order valence-electron chi connectivity index (χ4n) is 1.08. The largest absolute Gasteiger partial charge is 0.360 e. The standard InChI is InChI=1S/C10H10BrNO/c1-3-7-9(13)5-6-12-10(7)8(11)4-2/h3-6,12H,2H2,1H3/b7-3-,10-8-. The first-order valence-electron chi connectivity index (χ1n) is 3.87. The van der Waals surface area contributed by atoms with E-state index in [-0.39, 0.29) is 5.43 Å². The van der Waals surface area contributed by atoms with Gasteiger partial charge in [0.25, 0.3) is 0 Å². The molecular weight excluding hydrogens is 230 g/mol. The quantitative estimate of drug-likeness (QED) is 0.776. The van der Waals surface area contributed by atoms with Crippen molar-refractivity contribution in [2.24, 2.45) is 0 Å². The number of halogens is 1. The first-order chi connectivity index (χ1) is 6.20. The lowest BCUT2D eigenvalue weighted by Gasteiger charge is -1.91. The van der Waals surface area contributed by atoms with E-state index in [4.69, 9.17) is 0 Å². The summed E-state index contributed by atoms with van der Waals surface area (Å²) < 4.78 is 0.790. The number of H-pyrrole nitrogens is 1. The third kappa shape index (κ3) is 1.98. The molecule has 2 nitrogen and oxygen atoms in total. The van der Waals surface area contributed by atoms with Gasteiger partial charge in [0.05, 0.1) is 5.35 Å². The molecule has 0 radical (unpaired) electrons. The summed E-state index contributed by atoms with van der Waals surface area (Å²) in [7, 11) is 0. The zero-order valence-electron chi connectivity index (χ0n) is 7.30. The predicted octanol–water partition coefficient (Wildman–Crippen LogP) is 0.864. The van der Waals surface area contributed by atoms with E-state index >= 15 is 0 Å². The maximum absolute atomic E-state index is 11.4. The van der Waals surface area contributed by atoms with E-state index in [1.807, 2.05) is 6.92 Å². The molecule has 0 fully saturated rings. The van der Waals surface area contributed by atoms with Gasteiger partial charge in [0.2, 0.25) is 0 Å². The monoisotopic (exact) mass is 239 g/mol.